The smallest absolute Gasteiger partial charge is 0.321 e. The van der Waals surface area contributed by atoms with Crippen LogP contribution in [0.5, 0.6) is 5.75 Å². The highest BCUT2D eigenvalue weighted by Gasteiger charge is 2.49. The van der Waals surface area contributed by atoms with Crippen molar-refractivity contribution in [2.45, 2.75) is 26.0 Å². The standard InChI is InChI=1S/C29H23N5O9/c30-25(36)17-5-3-4-16(12-17)15-42-18-8-9-20-23(13-18)43-32-24(20)22(35)14-29(27(38)39,28(40)41)10-11-34-26(37)19-6-1-2-7-21(19)31-33-34/h1-9,12-13H,10-11,14-15H2,(H2,30,36)(H,38,39)(H,40,41). The normalized spacial score (nSPS) is 11.4. The molecule has 14 heteroatoms. The first kappa shape index (κ1) is 28.6. The summed E-state index contributed by atoms with van der Waals surface area (Å²) in [4.78, 5) is 62.0. The molecule has 218 valence electrons. The molecule has 0 spiro atoms. The van der Waals surface area contributed by atoms with Crippen LogP contribution < -0.4 is 16.0 Å². The molecule has 2 heterocycles. The second kappa shape index (κ2) is 11.5. The molecule has 43 heavy (non-hydrogen) atoms. The first-order valence-electron chi connectivity index (χ1n) is 12.8. The lowest BCUT2D eigenvalue weighted by Crippen LogP contribution is -2.43. The van der Waals surface area contributed by atoms with Gasteiger partial charge in [-0.05, 0) is 48.4 Å². The van der Waals surface area contributed by atoms with Crippen LogP contribution >= 0.6 is 0 Å². The lowest BCUT2D eigenvalue weighted by Gasteiger charge is -2.23. The fourth-order valence-corrected chi connectivity index (χ4v) is 4.56. The van der Waals surface area contributed by atoms with Crippen LogP contribution in [-0.4, -0.2) is 54.0 Å². The average molecular weight is 586 g/mol. The van der Waals surface area contributed by atoms with Crippen molar-refractivity contribution in [2.75, 3.05) is 0 Å². The number of Topliss-reactive ketones (excluding diaryl/α,β-unsaturated/α-hetero) is 1. The average Bonchev–Trinajstić information content (AvgIpc) is 3.42. The Balaban J connectivity index is 1.35. The summed E-state index contributed by atoms with van der Waals surface area (Å²) in [5.74, 6) is -4.65. The van der Waals surface area contributed by atoms with Crippen LogP contribution in [0.1, 0.15) is 39.3 Å². The fraction of sp³-hybridized carbons (Fsp3) is 0.172. The number of carbonyl (C=O) groups excluding carboxylic acids is 2. The number of hydrogen-bond donors (Lipinski definition) is 3. The number of hydrogen-bond acceptors (Lipinski definition) is 10. The van der Waals surface area contributed by atoms with Crippen molar-refractivity contribution >= 4 is 45.5 Å². The van der Waals surface area contributed by atoms with Crippen molar-refractivity contribution in [2.24, 2.45) is 11.1 Å². The van der Waals surface area contributed by atoms with Crippen molar-refractivity contribution in [1.29, 1.82) is 0 Å². The van der Waals surface area contributed by atoms with E-state index in [-0.39, 0.29) is 28.7 Å². The predicted octanol–water partition coefficient (Wildman–Crippen LogP) is 2.43. The van der Waals surface area contributed by atoms with Gasteiger partial charge in [-0.3, -0.25) is 24.0 Å². The van der Waals surface area contributed by atoms with Crippen molar-refractivity contribution in [3.8, 4) is 5.75 Å². The van der Waals surface area contributed by atoms with Gasteiger partial charge in [0, 0.05) is 24.6 Å². The van der Waals surface area contributed by atoms with Gasteiger partial charge in [-0.2, -0.15) is 0 Å². The summed E-state index contributed by atoms with van der Waals surface area (Å²) >= 11 is 0. The van der Waals surface area contributed by atoms with Crippen LogP contribution in [0.3, 0.4) is 0 Å². The van der Waals surface area contributed by atoms with E-state index >= 15 is 0 Å². The topological polar surface area (TPSA) is 218 Å². The molecule has 0 aliphatic carbocycles. The number of aromatic nitrogens is 4. The maximum absolute atomic E-state index is 13.3. The molecule has 0 atom stereocenters. The van der Waals surface area contributed by atoms with Gasteiger partial charge in [-0.25, -0.2) is 4.68 Å². The predicted molar refractivity (Wildman–Crippen MR) is 148 cm³/mol. The van der Waals surface area contributed by atoms with E-state index in [9.17, 15) is 34.2 Å². The van der Waals surface area contributed by atoms with Crippen LogP contribution in [0, 0.1) is 5.41 Å². The summed E-state index contributed by atoms with van der Waals surface area (Å²) in [7, 11) is 0. The number of ketones is 1. The van der Waals surface area contributed by atoms with Gasteiger partial charge in [0.05, 0.1) is 10.8 Å². The van der Waals surface area contributed by atoms with E-state index in [1.54, 1.807) is 42.5 Å². The Labute approximate surface area is 241 Å². The Bertz CT molecular complexity index is 1950. The Kier molecular flexibility index (Phi) is 7.66. The number of benzene rings is 3. The number of fused-ring (bicyclic) bond motifs is 2. The molecule has 2 aromatic heterocycles. The highest BCUT2D eigenvalue weighted by molar-refractivity contribution is 6.10. The zero-order chi connectivity index (χ0) is 30.7. The maximum atomic E-state index is 13.3. The Morgan fingerprint density at radius 1 is 0.953 bits per heavy atom. The molecule has 0 aliphatic heterocycles. The summed E-state index contributed by atoms with van der Waals surface area (Å²) in [6.07, 6.45) is -1.61. The van der Waals surface area contributed by atoms with E-state index in [0.717, 1.165) is 4.68 Å². The Morgan fingerprint density at radius 2 is 1.72 bits per heavy atom. The minimum atomic E-state index is -2.60. The van der Waals surface area contributed by atoms with E-state index in [2.05, 4.69) is 15.5 Å². The van der Waals surface area contributed by atoms with Crippen LogP contribution in [0.2, 0.25) is 0 Å². The zero-order valence-electron chi connectivity index (χ0n) is 22.3. The molecule has 0 saturated carbocycles. The number of aryl methyl sites for hydroxylation is 1. The number of primary amides is 1. The first-order chi connectivity index (χ1) is 20.6. The van der Waals surface area contributed by atoms with Crippen molar-refractivity contribution in [3.63, 3.8) is 0 Å². The number of ether oxygens (including phenoxy) is 1. The quantitative estimate of drug-likeness (QED) is 0.142. The van der Waals surface area contributed by atoms with Gasteiger partial charge in [0.1, 0.15) is 17.9 Å². The summed E-state index contributed by atoms with van der Waals surface area (Å²) in [6, 6.07) is 17.4. The second-order valence-electron chi connectivity index (χ2n) is 9.72. The van der Waals surface area contributed by atoms with Crippen molar-refractivity contribution < 1.29 is 38.7 Å². The molecule has 0 unspecified atom stereocenters. The van der Waals surface area contributed by atoms with Gasteiger partial charge in [-0.15, -0.1) is 5.10 Å². The molecule has 5 rings (SSSR count). The molecule has 0 saturated heterocycles. The molecule has 0 bridgehead atoms. The van der Waals surface area contributed by atoms with Crippen LogP contribution in [0.25, 0.3) is 21.9 Å². The van der Waals surface area contributed by atoms with Gasteiger partial charge in [-0.1, -0.05) is 34.6 Å². The summed E-state index contributed by atoms with van der Waals surface area (Å²) in [5, 5.41) is 31.8. The van der Waals surface area contributed by atoms with Crippen LogP contribution in [0.15, 0.2) is 76.0 Å². The molecule has 0 aliphatic rings. The summed E-state index contributed by atoms with van der Waals surface area (Å²) in [5.41, 5.74) is 3.34. The van der Waals surface area contributed by atoms with E-state index in [1.165, 1.54) is 24.3 Å². The Morgan fingerprint density at radius 3 is 2.47 bits per heavy atom. The van der Waals surface area contributed by atoms with Crippen molar-refractivity contribution in [1.82, 2.24) is 20.2 Å². The molecule has 5 aromatic rings. The maximum Gasteiger partial charge on any atom is 0.321 e. The van der Waals surface area contributed by atoms with Gasteiger partial charge >= 0.3 is 11.9 Å². The highest BCUT2D eigenvalue weighted by atomic mass is 16.5. The van der Waals surface area contributed by atoms with E-state index in [4.69, 9.17) is 15.0 Å². The molecule has 14 nitrogen and oxygen atoms in total. The second-order valence-corrected chi connectivity index (χ2v) is 9.72. The third-order valence-electron chi connectivity index (χ3n) is 6.99. The molecular weight excluding hydrogens is 562 g/mol. The number of rotatable bonds is 12. The number of aliphatic carboxylic acids is 2. The van der Waals surface area contributed by atoms with Crippen molar-refractivity contribution in [3.05, 3.63) is 93.9 Å². The highest BCUT2D eigenvalue weighted by Crippen LogP contribution is 2.32. The van der Waals surface area contributed by atoms with Gasteiger partial charge in [0.25, 0.3) is 5.56 Å². The van der Waals surface area contributed by atoms with Gasteiger partial charge < -0.3 is 25.2 Å². The molecule has 0 fully saturated rings. The number of carboxylic acid groups (broad SMARTS) is 2. The van der Waals surface area contributed by atoms with E-state index in [0.29, 0.717) is 22.4 Å². The lowest BCUT2D eigenvalue weighted by atomic mass is 9.79. The number of nitrogens with zero attached hydrogens (tertiary/aromatic N) is 4. The molecule has 4 N–H and O–H groups in total. The molecule has 1 amide bonds. The largest absolute Gasteiger partial charge is 0.489 e. The minimum Gasteiger partial charge on any atom is -0.489 e. The van der Waals surface area contributed by atoms with E-state index in [1.807, 2.05) is 0 Å². The zero-order valence-corrected chi connectivity index (χ0v) is 22.3. The summed E-state index contributed by atoms with van der Waals surface area (Å²) in [6.45, 7) is -0.331. The lowest BCUT2D eigenvalue weighted by molar-refractivity contribution is -0.165. The summed E-state index contributed by atoms with van der Waals surface area (Å²) < 4.78 is 11.9. The van der Waals surface area contributed by atoms with Gasteiger partial charge in [0.15, 0.2) is 22.5 Å². The van der Waals surface area contributed by atoms with Crippen LogP contribution in [-0.2, 0) is 22.7 Å². The van der Waals surface area contributed by atoms with Crippen LogP contribution in [0.4, 0.5) is 0 Å². The number of nitrogens with two attached hydrogens (primary N) is 1. The third-order valence-corrected chi connectivity index (χ3v) is 6.99. The molecule has 3 aromatic carbocycles. The monoisotopic (exact) mass is 585 g/mol. The number of carboxylic acids is 2. The number of amides is 1. The number of carbonyl (C=O) groups is 4. The van der Waals surface area contributed by atoms with E-state index < -0.39 is 54.0 Å². The molecular formula is C29H23N5O9. The SMILES string of the molecule is NC(=O)c1cccc(COc2ccc3c(C(=O)CC(CCn4nnc5ccccc5c4=O)(C(=O)O)C(=O)O)noc3c2)c1. The first-order valence-corrected chi connectivity index (χ1v) is 12.8. The molecule has 0 radical (unpaired) electrons. The fourth-order valence-electron chi connectivity index (χ4n) is 4.56. The van der Waals surface area contributed by atoms with Gasteiger partial charge in [0.2, 0.25) is 5.91 Å². The minimum absolute atomic E-state index is 0.0942. The third kappa shape index (κ3) is 5.66. The Hall–Kier alpha value is -5.92.